The molecule has 3 aromatic carbocycles. The van der Waals surface area contributed by atoms with Gasteiger partial charge in [0.1, 0.15) is 46.5 Å². The number of Topliss-reactive ketones (excluding diaryl/α,β-unsaturated/α-hetero) is 2. The fourth-order valence-corrected chi connectivity index (χ4v) is 18.0. The third kappa shape index (κ3) is 7.95. The molecule has 2 atom stereocenters. The van der Waals surface area contributed by atoms with Crippen molar-refractivity contribution >= 4 is 164 Å². The van der Waals surface area contributed by atoms with E-state index in [-0.39, 0.29) is 55.7 Å². The number of thiophene rings is 4. The van der Waals surface area contributed by atoms with Crippen LogP contribution in [0.1, 0.15) is 126 Å². The van der Waals surface area contributed by atoms with Gasteiger partial charge >= 0.3 is 0 Å². The summed E-state index contributed by atoms with van der Waals surface area (Å²) in [7, 11) is 0. The Morgan fingerprint density at radius 3 is 1.51 bits per heavy atom. The van der Waals surface area contributed by atoms with Gasteiger partial charge in [-0.05, 0) is 90.8 Å². The predicted octanol–water partition coefficient (Wildman–Crippen LogP) is 17.9. The van der Waals surface area contributed by atoms with Gasteiger partial charge in [0, 0.05) is 71.7 Å². The van der Waals surface area contributed by atoms with Crippen LogP contribution < -0.4 is 0 Å². The molecule has 80 heavy (non-hydrogen) atoms. The Kier molecular flexibility index (Phi) is 13.6. The number of ketones is 2. The van der Waals surface area contributed by atoms with E-state index in [1.807, 2.05) is 37.3 Å². The number of rotatable bonds is 14. The lowest BCUT2D eigenvalue weighted by Crippen LogP contribution is -2.13. The minimum absolute atomic E-state index is 0.00281. The molecule has 7 heterocycles. The van der Waals surface area contributed by atoms with Crippen LogP contribution in [0, 0.1) is 87.4 Å². The summed E-state index contributed by atoms with van der Waals surface area (Å²) >= 11 is 7.40. The molecule has 12 rings (SSSR count). The molecule has 2 aliphatic rings. The molecule has 0 saturated heterocycles. The molecule has 0 radical (unpaired) electrons. The van der Waals surface area contributed by atoms with E-state index in [1.165, 1.54) is 34.4 Å². The van der Waals surface area contributed by atoms with Crippen molar-refractivity contribution in [3.8, 4) is 24.3 Å². The van der Waals surface area contributed by atoms with Crippen molar-refractivity contribution in [2.24, 2.45) is 11.8 Å². The van der Waals surface area contributed by atoms with Crippen LogP contribution >= 0.6 is 57.1 Å². The quantitative estimate of drug-likeness (QED) is 0.0590. The summed E-state index contributed by atoms with van der Waals surface area (Å²) in [6, 6.07) is 12.9. The summed E-state index contributed by atoms with van der Waals surface area (Å²) in [4.78, 5) is 29.6. The average molecular weight is 1160 g/mol. The zero-order chi connectivity index (χ0) is 56.2. The molecule has 0 amide bonds. The number of hydrogen-bond donors (Lipinski definition) is 0. The molecule has 0 saturated carbocycles. The highest BCUT2D eigenvalue weighted by Gasteiger charge is 2.38. The number of carbonyl (C=O) groups is 2. The van der Waals surface area contributed by atoms with Gasteiger partial charge in [0.15, 0.2) is 34.8 Å². The molecule has 0 bridgehead atoms. The molecule has 2 unspecified atom stereocenters. The van der Waals surface area contributed by atoms with E-state index in [4.69, 9.17) is 8.75 Å². The SMILES string of the molecule is CCCCC(CC)Cn1c2c3sc(/C=C4\C(=O)c5cc(F)c(F)cc5C4=C(C#N)C#N)cc3sc2c2c3nsnc3c3c4sc5c(C)c(/C=C6\C(=O)c7cc(F)c(F)cc7C6=C(C#N)C#N)sc5c4n(CC(CC)CCCC)c3c21. The summed E-state index contributed by atoms with van der Waals surface area (Å²) < 4.78 is 80.1. The Morgan fingerprint density at radius 2 is 1.04 bits per heavy atom. The van der Waals surface area contributed by atoms with Crippen molar-refractivity contribution < 1.29 is 27.2 Å². The first-order chi connectivity index (χ1) is 38.7. The van der Waals surface area contributed by atoms with E-state index in [2.05, 4.69) is 36.8 Å². The smallest absolute Gasteiger partial charge is 0.194 e. The van der Waals surface area contributed by atoms with Crippen LogP contribution in [0.25, 0.3) is 95.4 Å². The van der Waals surface area contributed by atoms with Gasteiger partial charge in [-0.3, -0.25) is 9.59 Å². The van der Waals surface area contributed by atoms with E-state index < -0.39 is 34.8 Å². The van der Waals surface area contributed by atoms with Gasteiger partial charge in [0.2, 0.25) is 0 Å². The Hall–Kier alpha value is -7.62. The molecule has 10 nitrogen and oxygen atoms in total. The highest BCUT2D eigenvalue weighted by molar-refractivity contribution is 7.34. The van der Waals surface area contributed by atoms with Gasteiger partial charge in [-0.15, -0.1) is 45.3 Å². The highest BCUT2D eigenvalue weighted by atomic mass is 32.1. The Balaban J connectivity index is 1.15. The molecule has 2 aliphatic carbocycles. The van der Waals surface area contributed by atoms with Crippen LogP contribution in [0.2, 0.25) is 0 Å². The third-order valence-corrected chi connectivity index (χ3v) is 21.6. The second-order valence-electron chi connectivity index (χ2n) is 20.5. The minimum atomic E-state index is -1.21. The molecule has 0 spiro atoms. The van der Waals surface area contributed by atoms with Crippen LogP contribution in [0.15, 0.2) is 52.6 Å². The molecule has 7 aromatic heterocycles. The van der Waals surface area contributed by atoms with Crippen LogP contribution in [0.5, 0.6) is 0 Å². The maximum Gasteiger partial charge on any atom is 0.194 e. The summed E-state index contributed by atoms with van der Waals surface area (Å²) in [5.41, 5.74) is 5.52. The van der Waals surface area contributed by atoms with Crippen LogP contribution in [-0.4, -0.2) is 29.4 Å². The minimum Gasteiger partial charge on any atom is -0.337 e. The maximum absolute atomic E-state index is 14.8. The number of halogens is 4. The number of aromatic nitrogens is 4. The van der Waals surface area contributed by atoms with Gasteiger partial charge in [-0.25, -0.2) is 17.6 Å². The predicted molar refractivity (Wildman–Crippen MR) is 315 cm³/mol. The largest absolute Gasteiger partial charge is 0.337 e. The van der Waals surface area contributed by atoms with Gasteiger partial charge in [-0.2, -0.15) is 29.8 Å². The average Bonchev–Trinajstić information content (AvgIpc) is 4.21. The lowest BCUT2D eigenvalue weighted by Gasteiger charge is -2.20. The number of allylic oxidation sites excluding steroid dienone is 6. The maximum atomic E-state index is 14.8. The summed E-state index contributed by atoms with van der Waals surface area (Å²) in [6.45, 7) is 12.2. The van der Waals surface area contributed by atoms with Crippen molar-refractivity contribution in [1.29, 1.82) is 21.0 Å². The van der Waals surface area contributed by atoms with Crippen molar-refractivity contribution in [1.82, 2.24) is 17.9 Å². The molecule has 0 N–H and O–H groups in total. The molecular weight excluding hydrogens is 1110 g/mol. The Bertz CT molecular complexity index is 4700. The summed E-state index contributed by atoms with van der Waals surface area (Å²) in [5.74, 6) is -5.44. The van der Waals surface area contributed by atoms with Crippen LogP contribution in [0.3, 0.4) is 0 Å². The van der Waals surface area contributed by atoms with Crippen LogP contribution in [-0.2, 0) is 13.1 Å². The Labute approximate surface area is 475 Å². The van der Waals surface area contributed by atoms with E-state index in [0.717, 1.165) is 153 Å². The monoisotopic (exact) mass is 1160 g/mol. The highest BCUT2D eigenvalue weighted by Crippen LogP contribution is 2.55. The van der Waals surface area contributed by atoms with Crippen molar-refractivity contribution in [2.45, 2.75) is 99.1 Å². The first kappa shape index (κ1) is 53.0. The molecule has 19 heteroatoms. The molecule has 0 aliphatic heterocycles. The number of aryl methyl sites for hydroxylation is 1. The fourth-order valence-electron chi connectivity index (χ4n) is 11.9. The number of fused-ring (bicyclic) bond motifs is 16. The molecule has 10 aromatic rings. The first-order valence-electron chi connectivity index (χ1n) is 26.4. The van der Waals surface area contributed by atoms with Crippen LogP contribution in [0.4, 0.5) is 17.6 Å². The topological polar surface area (TPSA) is 165 Å². The zero-order valence-corrected chi connectivity index (χ0v) is 47.8. The number of carbonyl (C=O) groups excluding carboxylic acids is 2. The zero-order valence-electron chi connectivity index (χ0n) is 43.7. The lowest BCUT2D eigenvalue weighted by atomic mass is 9.98. The number of nitrogens with zero attached hydrogens (tertiary/aromatic N) is 8. The lowest BCUT2D eigenvalue weighted by molar-refractivity contribution is 0.103. The second kappa shape index (κ2) is 20.5. The molecule has 0 fully saturated rings. The number of unbranched alkanes of at least 4 members (excludes halogenated alkanes) is 2. The fraction of sp³-hybridized carbons (Fsp3) is 0.279. The first-order valence-corrected chi connectivity index (χ1v) is 30.3. The number of hydrogen-bond acceptors (Lipinski definition) is 13. The van der Waals surface area contributed by atoms with Crippen molar-refractivity contribution in [3.05, 3.63) is 113 Å². The number of nitriles is 4. The number of benzene rings is 3. The summed E-state index contributed by atoms with van der Waals surface area (Å²) in [6.07, 6.45) is 11.3. The second-order valence-corrected chi connectivity index (χ2v) is 25.2. The van der Waals surface area contributed by atoms with E-state index >= 15 is 0 Å². The van der Waals surface area contributed by atoms with E-state index in [0.29, 0.717) is 34.7 Å². The van der Waals surface area contributed by atoms with E-state index in [9.17, 15) is 48.2 Å². The summed E-state index contributed by atoms with van der Waals surface area (Å²) in [5, 5.41) is 42.3. The van der Waals surface area contributed by atoms with Gasteiger partial charge in [-0.1, -0.05) is 66.2 Å². The third-order valence-electron chi connectivity index (χ3n) is 16.0. The van der Waals surface area contributed by atoms with Gasteiger partial charge in [0.25, 0.3) is 0 Å². The molecular formula is C61H44F4N8O2S5. The van der Waals surface area contributed by atoms with E-state index in [1.54, 1.807) is 34.8 Å². The standard InChI is InChI=1S/C61H44F4N8O2S5/c1-6-10-12-28(8-3)25-72-51-47(59-53(72)58-44(78-59)15-32(76-58)14-37-45(30(21-66)22-67)33-16-39(62)41(64)18-35(33)55(37)74)49-50(71-80-70-49)48-52(51)73(26-29(9-4)13-11-7-2)54-60(48)79-57-27(5)43(77-61(54)57)20-38-46(31(23-68)24-69)34-17-40(63)42(65)19-36(34)56(38)75/h14-20,28-29H,6-13,25-26H2,1-5H3/b37-14-,38-20-. The normalized spacial score (nSPS) is 15.2. The van der Waals surface area contributed by atoms with Crippen molar-refractivity contribution in [3.63, 3.8) is 0 Å². The molecule has 398 valence electrons. The van der Waals surface area contributed by atoms with Crippen molar-refractivity contribution in [2.75, 3.05) is 0 Å². The Morgan fingerprint density at radius 1 is 0.575 bits per heavy atom. The van der Waals surface area contributed by atoms with Gasteiger partial charge in [0.05, 0.1) is 57.3 Å². The van der Waals surface area contributed by atoms with Gasteiger partial charge < -0.3 is 9.13 Å².